The first-order chi connectivity index (χ1) is 9.15. The lowest BCUT2D eigenvalue weighted by molar-refractivity contribution is -0.141. The van der Waals surface area contributed by atoms with Crippen LogP contribution in [0.4, 0.5) is 0 Å². The van der Waals surface area contributed by atoms with E-state index in [-0.39, 0.29) is 24.9 Å². The van der Waals surface area contributed by atoms with Crippen molar-refractivity contribution in [3.8, 4) is 0 Å². The van der Waals surface area contributed by atoms with E-state index in [4.69, 9.17) is 0 Å². The second-order valence-electron chi connectivity index (χ2n) is 4.13. The topological polar surface area (TPSA) is 57.5 Å². The lowest BCUT2D eigenvalue weighted by Crippen LogP contribution is -2.10. The highest BCUT2D eigenvalue weighted by atomic mass is 16.5. The molecule has 0 aliphatic carbocycles. The Morgan fingerprint density at radius 1 is 1.11 bits per heavy atom. The van der Waals surface area contributed by atoms with Gasteiger partial charge in [-0.05, 0) is 11.6 Å². The van der Waals surface area contributed by atoms with Crippen LogP contribution in [0.2, 0.25) is 0 Å². The third kappa shape index (κ3) is 2.76. The number of aromatic nitrogens is 1. The van der Waals surface area contributed by atoms with Crippen molar-refractivity contribution < 1.29 is 19.1 Å². The van der Waals surface area contributed by atoms with Gasteiger partial charge in [0.25, 0.3) is 0 Å². The van der Waals surface area contributed by atoms with Crippen LogP contribution in [0.25, 0.3) is 10.9 Å². The summed E-state index contributed by atoms with van der Waals surface area (Å²) in [5, 5.41) is 0.941. The number of carbonyl (C=O) groups excluding carboxylic acids is 2. The van der Waals surface area contributed by atoms with Gasteiger partial charge < -0.3 is 14.0 Å². The molecule has 2 aromatic rings. The average molecular weight is 261 g/mol. The molecule has 5 heteroatoms. The van der Waals surface area contributed by atoms with Crippen LogP contribution in [0.3, 0.4) is 0 Å². The molecule has 19 heavy (non-hydrogen) atoms. The summed E-state index contributed by atoms with van der Waals surface area (Å²) in [7, 11) is 2.71. The molecule has 1 aromatic heterocycles. The summed E-state index contributed by atoms with van der Waals surface area (Å²) in [5.74, 6) is -0.633. The molecule has 0 spiro atoms. The van der Waals surface area contributed by atoms with Crippen LogP contribution in [-0.2, 0) is 32.0 Å². The Kier molecular flexibility index (Phi) is 3.85. The minimum absolute atomic E-state index is 0.123. The maximum atomic E-state index is 11.4. The van der Waals surface area contributed by atoms with Gasteiger partial charge in [-0.2, -0.15) is 0 Å². The lowest BCUT2D eigenvalue weighted by Gasteiger charge is -2.02. The summed E-state index contributed by atoms with van der Waals surface area (Å²) in [6.45, 7) is 0.123. The van der Waals surface area contributed by atoms with E-state index in [2.05, 4.69) is 9.47 Å². The third-order valence-corrected chi connectivity index (χ3v) is 2.96. The van der Waals surface area contributed by atoms with E-state index >= 15 is 0 Å². The molecule has 0 saturated carbocycles. The molecule has 1 heterocycles. The van der Waals surface area contributed by atoms with E-state index in [0.29, 0.717) is 0 Å². The number of methoxy groups -OCH3 is 2. The van der Waals surface area contributed by atoms with Gasteiger partial charge in [-0.3, -0.25) is 9.59 Å². The molecule has 0 aliphatic heterocycles. The largest absolute Gasteiger partial charge is 0.469 e. The zero-order valence-corrected chi connectivity index (χ0v) is 10.9. The Hall–Kier alpha value is -2.30. The Balaban J connectivity index is 2.42. The predicted octanol–water partition coefficient (Wildman–Crippen LogP) is 1.53. The minimum atomic E-state index is -0.328. The molecule has 0 unspecified atom stereocenters. The lowest BCUT2D eigenvalue weighted by atomic mass is 10.1. The van der Waals surface area contributed by atoms with E-state index < -0.39 is 0 Å². The molecule has 0 N–H and O–H groups in total. The number of carbonyl (C=O) groups is 2. The summed E-state index contributed by atoms with van der Waals surface area (Å²) < 4.78 is 11.1. The number of ether oxygens (including phenoxy) is 2. The molecule has 5 nitrogen and oxygen atoms in total. The molecule has 2 rings (SSSR count). The number of para-hydroxylation sites is 1. The molecule has 1 aromatic carbocycles. The highest BCUT2D eigenvalue weighted by molar-refractivity contribution is 5.88. The minimum Gasteiger partial charge on any atom is -0.469 e. The van der Waals surface area contributed by atoms with Crippen molar-refractivity contribution in [1.82, 2.24) is 4.57 Å². The van der Waals surface area contributed by atoms with Crippen molar-refractivity contribution in [3.63, 3.8) is 0 Å². The van der Waals surface area contributed by atoms with Crippen LogP contribution in [0.15, 0.2) is 30.5 Å². The van der Waals surface area contributed by atoms with E-state index in [1.54, 1.807) is 10.8 Å². The quantitative estimate of drug-likeness (QED) is 0.783. The van der Waals surface area contributed by atoms with Gasteiger partial charge >= 0.3 is 11.9 Å². The Bertz CT molecular complexity index is 563. The predicted molar refractivity (Wildman–Crippen MR) is 69.7 cm³/mol. The SMILES string of the molecule is COC(=O)Cc1cn(CC(=O)OC)c2ccccc12. The molecule has 0 fully saturated rings. The number of fused-ring (bicyclic) bond motifs is 1. The highest BCUT2D eigenvalue weighted by Crippen LogP contribution is 2.22. The molecule has 0 radical (unpaired) electrons. The van der Waals surface area contributed by atoms with E-state index in [1.807, 2.05) is 24.3 Å². The summed E-state index contributed by atoms with van der Waals surface area (Å²) in [4.78, 5) is 22.8. The molecule has 0 atom stereocenters. The highest BCUT2D eigenvalue weighted by Gasteiger charge is 2.13. The van der Waals surface area contributed by atoms with Crippen molar-refractivity contribution in [2.24, 2.45) is 0 Å². The third-order valence-electron chi connectivity index (χ3n) is 2.96. The number of rotatable bonds is 4. The summed E-state index contributed by atoms with van der Waals surface area (Å²) >= 11 is 0. The van der Waals surface area contributed by atoms with Gasteiger partial charge in [-0.25, -0.2) is 0 Å². The van der Waals surface area contributed by atoms with Gasteiger partial charge in [-0.15, -0.1) is 0 Å². The van der Waals surface area contributed by atoms with E-state index in [0.717, 1.165) is 16.5 Å². The Morgan fingerprint density at radius 3 is 2.47 bits per heavy atom. The molecule has 0 amide bonds. The maximum absolute atomic E-state index is 11.4. The number of hydrogen-bond acceptors (Lipinski definition) is 4. The average Bonchev–Trinajstić information content (AvgIpc) is 2.77. The van der Waals surface area contributed by atoms with Gasteiger partial charge in [-0.1, -0.05) is 18.2 Å². The van der Waals surface area contributed by atoms with Gasteiger partial charge in [0.2, 0.25) is 0 Å². The molecular weight excluding hydrogens is 246 g/mol. The fourth-order valence-electron chi connectivity index (χ4n) is 2.03. The second kappa shape index (κ2) is 5.56. The number of esters is 2. The Labute approximate surface area is 110 Å². The maximum Gasteiger partial charge on any atom is 0.325 e. The second-order valence-corrected chi connectivity index (χ2v) is 4.13. The number of nitrogens with zero attached hydrogens (tertiary/aromatic N) is 1. The van der Waals surface area contributed by atoms with Gasteiger partial charge in [0.1, 0.15) is 6.54 Å². The first-order valence-corrected chi connectivity index (χ1v) is 5.86. The van der Waals surface area contributed by atoms with Gasteiger partial charge in [0, 0.05) is 17.1 Å². The van der Waals surface area contributed by atoms with Crippen molar-refractivity contribution in [3.05, 3.63) is 36.0 Å². The first kappa shape index (κ1) is 13.1. The summed E-state index contributed by atoms with van der Waals surface area (Å²) in [6.07, 6.45) is 1.98. The van der Waals surface area contributed by atoms with E-state index in [9.17, 15) is 9.59 Å². The van der Waals surface area contributed by atoms with Crippen molar-refractivity contribution >= 4 is 22.8 Å². The molecule has 0 bridgehead atoms. The van der Waals surface area contributed by atoms with E-state index in [1.165, 1.54) is 14.2 Å². The van der Waals surface area contributed by atoms with Gasteiger partial charge in [0.15, 0.2) is 0 Å². The fraction of sp³-hybridized carbons (Fsp3) is 0.286. The normalized spacial score (nSPS) is 10.4. The molecule has 0 aliphatic rings. The monoisotopic (exact) mass is 261 g/mol. The molecule has 100 valence electrons. The Morgan fingerprint density at radius 2 is 1.79 bits per heavy atom. The van der Waals surface area contributed by atoms with Crippen molar-refractivity contribution in [2.45, 2.75) is 13.0 Å². The van der Waals surface area contributed by atoms with Gasteiger partial charge in [0.05, 0.1) is 20.6 Å². The van der Waals surface area contributed by atoms with Crippen molar-refractivity contribution in [2.75, 3.05) is 14.2 Å². The van der Waals surface area contributed by atoms with Crippen LogP contribution in [0, 0.1) is 0 Å². The molecular formula is C14H15NO4. The summed E-state index contributed by atoms with van der Waals surface area (Å²) in [5.41, 5.74) is 1.73. The van der Waals surface area contributed by atoms with Crippen LogP contribution in [0.5, 0.6) is 0 Å². The van der Waals surface area contributed by atoms with Crippen LogP contribution >= 0.6 is 0 Å². The first-order valence-electron chi connectivity index (χ1n) is 5.86. The standard InChI is InChI=1S/C14H15NO4/c1-18-13(16)7-10-8-15(9-14(17)19-2)12-6-4-3-5-11(10)12/h3-6,8H,7,9H2,1-2H3. The summed E-state index contributed by atoms with van der Waals surface area (Å²) in [6, 6.07) is 7.60. The number of benzene rings is 1. The van der Waals surface area contributed by atoms with Crippen LogP contribution in [-0.4, -0.2) is 30.7 Å². The van der Waals surface area contributed by atoms with Crippen molar-refractivity contribution in [1.29, 1.82) is 0 Å². The van der Waals surface area contributed by atoms with Crippen LogP contribution < -0.4 is 0 Å². The zero-order valence-electron chi connectivity index (χ0n) is 10.9. The fourth-order valence-corrected chi connectivity index (χ4v) is 2.03. The van der Waals surface area contributed by atoms with Crippen LogP contribution in [0.1, 0.15) is 5.56 Å². The molecule has 0 saturated heterocycles. The smallest absolute Gasteiger partial charge is 0.325 e. The number of hydrogen-bond donors (Lipinski definition) is 0. The zero-order chi connectivity index (χ0) is 13.8.